The van der Waals surface area contributed by atoms with E-state index in [0.717, 1.165) is 0 Å². The van der Waals surface area contributed by atoms with Gasteiger partial charge in [-0.1, -0.05) is 0 Å². The average Bonchev–Trinajstić information content (AvgIpc) is 2.37. The van der Waals surface area contributed by atoms with Gasteiger partial charge in [0.2, 0.25) is 11.7 Å². The van der Waals surface area contributed by atoms with Crippen molar-refractivity contribution in [3.63, 3.8) is 0 Å². The molecule has 0 aliphatic carbocycles. The van der Waals surface area contributed by atoms with Crippen LogP contribution in [-0.4, -0.2) is 29.3 Å². The minimum atomic E-state index is -1.46. The highest BCUT2D eigenvalue weighted by molar-refractivity contribution is 5.97. The van der Waals surface area contributed by atoms with Crippen molar-refractivity contribution in [3.8, 4) is 0 Å². The maximum absolute atomic E-state index is 13.7. The minimum Gasteiger partial charge on any atom is -0.352 e. The number of carbonyl (C=O) groups excluding carboxylic acids is 2. The van der Waals surface area contributed by atoms with E-state index in [0.29, 0.717) is 12.1 Å². The zero-order valence-electron chi connectivity index (χ0n) is 11.3. The smallest absolute Gasteiger partial charge is 0.308 e. The summed E-state index contributed by atoms with van der Waals surface area (Å²) >= 11 is 0. The zero-order valence-corrected chi connectivity index (χ0v) is 11.3. The first-order valence-corrected chi connectivity index (χ1v) is 5.93. The van der Waals surface area contributed by atoms with Crippen LogP contribution < -0.4 is 10.6 Å². The van der Waals surface area contributed by atoms with Crippen molar-refractivity contribution in [1.82, 2.24) is 10.6 Å². The maximum Gasteiger partial charge on any atom is 0.308 e. The molecule has 0 aliphatic heterocycles. The van der Waals surface area contributed by atoms with Crippen LogP contribution in [0, 0.1) is 21.7 Å². The Morgan fingerprint density at radius 3 is 2.48 bits per heavy atom. The van der Waals surface area contributed by atoms with Gasteiger partial charge in [0.15, 0.2) is 0 Å². The molecule has 0 saturated heterocycles. The number of carbonyl (C=O) groups is 2. The summed E-state index contributed by atoms with van der Waals surface area (Å²) in [4.78, 5) is 32.4. The van der Waals surface area contributed by atoms with Crippen molar-refractivity contribution in [1.29, 1.82) is 0 Å². The van der Waals surface area contributed by atoms with E-state index in [2.05, 4.69) is 10.6 Å². The van der Waals surface area contributed by atoms with Crippen LogP contribution in [0.15, 0.2) is 12.1 Å². The second-order valence-corrected chi connectivity index (χ2v) is 4.45. The minimum absolute atomic E-state index is 0.151. The molecular formula is C12H13F2N3O4. The fourth-order valence-electron chi connectivity index (χ4n) is 1.50. The number of nitro groups is 1. The molecule has 0 heterocycles. The van der Waals surface area contributed by atoms with Crippen molar-refractivity contribution in [2.45, 2.75) is 19.9 Å². The molecule has 0 bridgehead atoms. The van der Waals surface area contributed by atoms with Gasteiger partial charge in [-0.3, -0.25) is 19.7 Å². The quantitative estimate of drug-likeness (QED) is 0.628. The fraction of sp³-hybridized carbons (Fsp3) is 0.333. The number of amides is 2. The molecule has 0 fully saturated rings. The van der Waals surface area contributed by atoms with Crippen LogP contribution >= 0.6 is 0 Å². The van der Waals surface area contributed by atoms with Crippen molar-refractivity contribution < 1.29 is 23.3 Å². The molecule has 0 aliphatic rings. The van der Waals surface area contributed by atoms with Crippen LogP contribution in [0.5, 0.6) is 0 Å². The van der Waals surface area contributed by atoms with Gasteiger partial charge in [0, 0.05) is 6.04 Å². The predicted molar refractivity (Wildman–Crippen MR) is 68.6 cm³/mol. The van der Waals surface area contributed by atoms with Gasteiger partial charge >= 0.3 is 5.69 Å². The molecule has 2 amide bonds. The lowest BCUT2D eigenvalue weighted by molar-refractivity contribution is -0.387. The number of hydrogen-bond acceptors (Lipinski definition) is 4. The van der Waals surface area contributed by atoms with E-state index in [4.69, 9.17) is 0 Å². The summed E-state index contributed by atoms with van der Waals surface area (Å²) in [5.41, 5.74) is -1.98. The number of hydrogen-bond donors (Lipinski definition) is 2. The Balaban J connectivity index is 2.88. The molecule has 21 heavy (non-hydrogen) atoms. The zero-order chi connectivity index (χ0) is 16.2. The van der Waals surface area contributed by atoms with E-state index in [1.54, 1.807) is 13.8 Å². The van der Waals surface area contributed by atoms with Crippen LogP contribution in [0.2, 0.25) is 0 Å². The molecule has 7 nitrogen and oxygen atoms in total. The molecule has 0 spiro atoms. The van der Waals surface area contributed by atoms with Crippen LogP contribution in [-0.2, 0) is 4.79 Å². The average molecular weight is 301 g/mol. The normalized spacial score (nSPS) is 10.3. The van der Waals surface area contributed by atoms with E-state index in [1.807, 2.05) is 0 Å². The number of nitro benzene ring substituents is 1. The maximum atomic E-state index is 13.7. The Bertz CT molecular complexity index is 590. The van der Waals surface area contributed by atoms with Gasteiger partial charge < -0.3 is 10.6 Å². The highest BCUT2D eigenvalue weighted by Gasteiger charge is 2.24. The molecule has 1 rings (SSSR count). The molecule has 1 aromatic rings. The van der Waals surface area contributed by atoms with Gasteiger partial charge in [-0.25, -0.2) is 4.39 Å². The van der Waals surface area contributed by atoms with Crippen LogP contribution in [0.3, 0.4) is 0 Å². The second kappa shape index (κ2) is 6.73. The number of halogens is 2. The molecular weight excluding hydrogens is 288 g/mol. The highest BCUT2D eigenvalue weighted by atomic mass is 19.1. The van der Waals surface area contributed by atoms with E-state index in [1.165, 1.54) is 0 Å². The Morgan fingerprint density at radius 2 is 1.95 bits per heavy atom. The van der Waals surface area contributed by atoms with Crippen molar-refractivity contribution in [2.75, 3.05) is 6.54 Å². The molecule has 0 unspecified atom stereocenters. The summed E-state index contributed by atoms with van der Waals surface area (Å²) in [6.45, 7) is 2.95. The van der Waals surface area contributed by atoms with Crippen molar-refractivity contribution >= 4 is 17.5 Å². The van der Waals surface area contributed by atoms with Gasteiger partial charge in [0.1, 0.15) is 5.82 Å². The molecule has 0 atom stereocenters. The first-order chi connectivity index (χ1) is 9.72. The third-order valence-corrected chi connectivity index (χ3v) is 2.32. The number of nitrogens with zero attached hydrogens (tertiary/aromatic N) is 1. The Labute approximate surface area is 118 Å². The lowest BCUT2D eigenvalue weighted by Gasteiger charge is -2.09. The molecule has 0 saturated carbocycles. The highest BCUT2D eigenvalue weighted by Crippen LogP contribution is 2.22. The second-order valence-electron chi connectivity index (χ2n) is 4.45. The summed E-state index contributed by atoms with van der Waals surface area (Å²) in [6, 6.07) is 0.747. The van der Waals surface area contributed by atoms with Gasteiger partial charge in [-0.2, -0.15) is 4.39 Å². The molecule has 0 radical (unpaired) electrons. The standard InChI is InChI=1S/C12H13F2N3O4/c1-6(2)16-10(18)5-15-12(19)8-3-7(13)4-9(11(8)14)17(20)21/h3-4,6H,5H2,1-2H3,(H,15,19)(H,16,18). The van der Waals surface area contributed by atoms with Crippen LogP contribution in [0.25, 0.3) is 0 Å². The van der Waals surface area contributed by atoms with Gasteiger partial charge in [0.05, 0.1) is 23.1 Å². The Morgan fingerprint density at radius 1 is 1.33 bits per heavy atom. The van der Waals surface area contributed by atoms with E-state index in [9.17, 15) is 28.5 Å². The van der Waals surface area contributed by atoms with Crippen molar-refractivity contribution in [2.24, 2.45) is 0 Å². The molecule has 114 valence electrons. The van der Waals surface area contributed by atoms with Gasteiger partial charge in [-0.05, 0) is 19.9 Å². The van der Waals surface area contributed by atoms with Gasteiger partial charge in [0.25, 0.3) is 5.91 Å². The number of nitrogens with one attached hydrogen (secondary N) is 2. The lowest BCUT2D eigenvalue weighted by atomic mass is 10.1. The molecule has 2 N–H and O–H groups in total. The lowest BCUT2D eigenvalue weighted by Crippen LogP contribution is -2.40. The monoisotopic (exact) mass is 301 g/mol. The van der Waals surface area contributed by atoms with E-state index >= 15 is 0 Å². The van der Waals surface area contributed by atoms with Crippen LogP contribution in [0.1, 0.15) is 24.2 Å². The van der Waals surface area contributed by atoms with Crippen molar-refractivity contribution in [3.05, 3.63) is 39.4 Å². The Kier molecular flexibility index (Phi) is 5.28. The first kappa shape index (κ1) is 16.5. The summed E-state index contributed by atoms with van der Waals surface area (Å²) in [5, 5.41) is 15.1. The van der Waals surface area contributed by atoms with Gasteiger partial charge in [-0.15, -0.1) is 0 Å². The third-order valence-electron chi connectivity index (χ3n) is 2.32. The predicted octanol–water partition coefficient (Wildman–Crippen LogP) is 1.13. The summed E-state index contributed by atoms with van der Waals surface area (Å²) in [5.74, 6) is -4.22. The third kappa shape index (κ3) is 4.48. The van der Waals surface area contributed by atoms with E-state index in [-0.39, 0.29) is 6.04 Å². The van der Waals surface area contributed by atoms with Crippen LogP contribution in [0.4, 0.5) is 14.5 Å². The molecule has 9 heteroatoms. The fourth-order valence-corrected chi connectivity index (χ4v) is 1.50. The van der Waals surface area contributed by atoms with E-state index < -0.39 is 46.2 Å². The topological polar surface area (TPSA) is 101 Å². The SMILES string of the molecule is CC(C)NC(=O)CNC(=O)c1cc(F)cc([N+](=O)[O-])c1F. The summed E-state index contributed by atoms with van der Waals surface area (Å²) < 4.78 is 26.9. The summed E-state index contributed by atoms with van der Waals surface area (Å²) in [7, 11) is 0. The number of benzene rings is 1. The molecule has 1 aromatic carbocycles. The Hall–Kier alpha value is -2.58. The summed E-state index contributed by atoms with van der Waals surface area (Å²) in [6.07, 6.45) is 0. The first-order valence-electron chi connectivity index (χ1n) is 5.93. The largest absolute Gasteiger partial charge is 0.352 e. The molecule has 0 aromatic heterocycles. The number of rotatable bonds is 5.